The molecule has 1 atom stereocenters. The predicted molar refractivity (Wildman–Crippen MR) is 91.7 cm³/mol. The fourth-order valence-electron chi connectivity index (χ4n) is 2.51. The lowest BCUT2D eigenvalue weighted by molar-refractivity contribution is -0.137. The number of nitrogens with zero attached hydrogens (tertiary/aromatic N) is 1. The first-order chi connectivity index (χ1) is 11.0. The zero-order valence-corrected chi connectivity index (χ0v) is 15.4. The molecule has 0 amide bonds. The molecule has 3 nitrogen and oxygen atoms in total. The molecule has 1 unspecified atom stereocenters. The van der Waals surface area contributed by atoms with E-state index in [0.717, 1.165) is 18.2 Å². The van der Waals surface area contributed by atoms with E-state index in [2.05, 4.69) is 19.6 Å². The van der Waals surface area contributed by atoms with Crippen LogP contribution in [0.3, 0.4) is 0 Å². The number of halogens is 3. The summed E-state index contributed by atoms with van der Waals surface area (Å²) in [6.45, 7) is 9.13. The van der Waals surface area contributed by atoms with Gasteiger partial charge in [-0.15, -0.1) is 0 Å². The highest BCUT2D eigenvalue weighted by Crippen LogP contribution is 2.35. The number of hydrogen-bond donors (Lipinski definition) is 1. The first-order valence-electron chi connectivity index (χ1n) is 7.95. The Balaban J connectivity index is 2.30. The summed E-state index contributed by atoms with van der Waals surface area (Å²) < 4.78 is 46.5. The normalized spacial score (nSPS) is 14.3. The number of alkyl halides is 3. The summed E-state index contributed by atoms with van der Waals surface area (Å²) in [7, 11) is -1.19. The average Bonchev–Trinajstić information content (AvgIpc) is 2.83. The number of aliphatic hydroxyl groups excluding tert-OH is 1. The molecule has 24 heavy (non-hydrogen) atoms. The topological polar surface area (TPSA) is 34.4 Å². The fourth-order valence-corrected chi connectivity index (χ4v) is 3.27. The van der Waals surface area contributed by atoms with E-state index in [1.54, 1.807) is 16.8 Å². The molecule has 1 N–H and O–H groups in total. The summed E-state index contributed by atoms with van der Waals surface area (Å²) in [6, 6.07) is 4.78. The van der Waals surface area contributed by atoms with Gasteiger partial charge in [-0.3, -0.25) is 0 Å². The molecule has 134 valence electrons. The molecule has 1 heterocycles. The summed E-state index contributed by atoms with van der Waals surface area (Å²) >= 11 is 0. The molecule has 2 rings (SSSR count). The Bertz CT molecular complexity index is 702. The van der Waals surface area contributed by atoms with Crippen molar-refractivity contribution in [2.75, 3.05) is 6.61 Å². The van der Waals surface area contributed by atoms with E-state index in [0.29, 0.717) is 17.5 Å². The van der Waals surface area contributed by atoms with Crippen LogP contribution in [0.15, 0.2) is 24.4 Å². The van der Waals surface area contributed by atoms with Crippen LogP contribution in [-0.2, 0) is 17.6 Å². The van der Waals surface area contributed by atoms with Gasteiger partial charge in [-0.2, -0.15) is 13.2 Å². The van der Waals surface area contributed by atoms with E-state index in [4.69, 9.17) is 4.74 Å². The second kappa shape index (κ2) is 6.90. The minimum Gasteiger partial charge on any atom is -0.389 e. The SMILES string of the molecule is CC(O)c1cc(C(F)(F)F)cc2ccn(COCC[Si](C)(C)C)c12. The van der Waals surface area contributed by atoms with Crippen molar-refractivity contribution in [1.82, 2.24) is 4.57 Å². The zero-order chi connectivity index (χ0) is 18.1. The molecule has 0 saturated carbocycles. The average molecular weight is 359 g/mol. The standard InChI is InChI=1S/C17H24F3NO2Si/c1-12(22)15-10-14(17(18,19)20)9-13-5-6-21(16(13)15)11-23-7-8-24(2,3)4/h5-6,9-10,12,22H,7-8,11H2,1-4H3. The van der Waals surface area contributed by atoms with Crippen molar-refractivity contribution in [3.63, 3.8) is 0 Å². The maximum atomic E-state index is 13.0. The monoisotopic (exact) mass is 359 g/mol. The summed E-state index contributed by atoms with van der Waals surface area (Å²) in [6.07, 6.45) is -3.73. The van der Waals surface area contributed by atoms with Crippen LogP contribution in [0.4, 0.5) is 13.2 Å². The van der Waals surface area contributed by atoms with Crippen LogP contribution in [0.1, 0.15) is 24.2 Å². The van der Waals surface area contributed by atoms with Gasteiger partial charge in [-0.25, -0.2) is 0 Å². The maximum absolute atomic E-state index is 13.0. The van der Waals surface area contributed by atoms with Crippen LogP contribution in [0.2, 0.25) is 25.7 Å². The summed E-state index contributed by atoms with van der Waals surface area (Å²) in [5.41, 5.74) is 0.105. The Morgan fingerprint density at radius 1 is 1.25 bits per heavy atom. The van der Waals surface area contributed by atoms with Crippen LogP contribution in [0.5, 0.6) is 0 Å². The molecule has 0 spiro atoms. The van der Waals surface area contributed by atoms with E-state index in [9.17, 15) is 18.3 Å². The van der Waals surface area contributed by atoms with Crippen molar-refractivity contribution in [3.8, 4) is 0 Å². The first-order valence-corrected chi connectivity index (χ1v) is 11.7. The van der Waals surface area contributed by atoms with Crippen LogP contribution < -0.4 is 0 Å². The van der Waals surface area contributed by atoms with Crippen LogP contribution >= 0.6 is 0 Å². The smallest absolute Gasteiger partial charge is 0.389 e. The Morgan fingerprint density at radius 3 is 2.46 bits per heavy atom. The van der Waals surface area contributed by atoms with Gasteiger partial charge >= 0.3 is 6.18 Å². The molecule has 0 saturated heterocycles. The molecule has 2 aromatic rings. The molecular weight excluding hydrogens is 335 g/mol. The van der Waals surface area contributed by atoms with Crippen molar-refractivity contribution in [1.29, 1.82) is 0 Å². The van der Waals surface area contributed by atoms with Gasteiger partial charge in [-0.1, -0.05) is 19.6 Å². The summed E-state index contributed by atoms with van der Waals surface area (Å²) in [5, 5.41) is 10.4. The quantitative estimate of drug-likeness (QED) is 0.580. The number of benzene rings is 1. The van der Waals surface area contributed by atoms with Crippen molar-refractivity contribution in [2.45, 2.75) is 51.6 Å². The predicted octanol–water partition coefficient (Wildman–Crippen LogP) is 5.03. The lowest BCUT2D eigenvalue weighted by Gasteiger charge is -2.17. The van der Waals surface area contributed by atoms with Gasteiger partial charge < -0.3 is 14.4 Å². The van der Waals surface area contributed by atoms with E-state index in [-0.39, 0.29) is 12.3 Å². The van der Waals surface area contributed by atoms with E-state index in [1.807, 2.05) is 0 Å². The maximum Gasteiger partial charge on any atom is 0.416 e. The van der Waals surface area contributed by atoms with E-state index < -0.39 is 25.9 Å². The fraction of sp³-hybridized carbons (Fsp3) is 0.529. The second-order valence-corrected chi connectivity index (χ2v) is 12.9. The van der Waals surface area contributed by atoms with Crippen LogP contribution in [-0.4, -0.2) is 24.4 Å². The highest BCUT2D eigenvalue weighted by Gasteiger charge is 2.32. The van der Waals surface area contributed by atoms with Gasteiger partial charge in [-0.05, 0) is 31.2 Å². The van der Waals surface area contributed by atoms with Crippen molar-refractivity contribution in [3.05, 3.63) is 35.5 Å². The van der Waals surface area contributed by atoms with E-state index in [1.165, 1.54) is 6.92 Å². The Labute approximate surface area is 141 Å². The highest BCUT2D eigenvalue weighted by atomic mass is 28.3. The lowest BCUT2D eigenvalue weighted by atomic mass is 10.0. The number of ether oxygens (including phenoxy) is 1. The molecule has 1 aromatic carbocycles. The Kier molecular flexibility index (Phi) is 5.46. The molecular formula is C17H24F3NO2Si. The highest BCUT2D eigenvalue weighted by molar-refractivity contribution is 6.76. The zero-order valence-electron chi connectivity index (χ0n) is 14.4. The van der Waals surface area contributed by atoms with Crippen molar-refractivity contribution in [2.24, 2.45) is 0 Å². The van der Waals surface area contributed by atoms with Gasteiger partial charge in [0.1, 0.15) is 6.73 Å². The number of hydrogen-bond acceptors (Lipinski definition) is 2. The summed E-state index contributed by atoms with van der Waals surface area (Å²) in [5.74, 6) is 0. The van der Waals surface area contributed by atoms with Crippen LogP contribution in [0, 0.1) is 0 Å². The molecule has 7 heteroatoms. The summed E-state index contributed by atoms with van der Waals surface area (Å²) in [4.78, 5) is 0. The second-order valence-electron chi connectivity index (χ2n) is 7.31. The van der Waals surface area contributed by atoms with Crippen LogP contribution in [0.25, 0.3) is 10.9 Å². The van der Waals surface area contributed by atoms with Gasteiger partial charge in [0.05, 0.1) is 17.2 Å². The van der Waals surface area contributed by atoms with Gasteiger partial charge in [0.15, 0.2) is 0 Å². The third-order valence-corrected chi connectivity index (χ3v) is 5.60. The van der Waals surface area contributed by atoms with Crippen molar-refractivity contribution < 1.29 is 23.0 Å². The molecule has 0 fully saturated rings. The molecule has 0 radical (unpaired) electrons. The van der Waals surface area contributed by atoms with Gasteiger partial charge in [0.2, 0.25) is 0 Å². The minimum atomic E-state index is -4.44. The molecule has 1 aromatic heterocycles. The Hall–Kier alpha value is -1.31. The molecule has 0 aliphatic heterocycles. The third-order valence-electron chi connectivity index (χ3n) is 3.89. The Morgan fingerprint density at radius 2 is 1.92 bits per heavy atom. The van der Waals surface area contributed by atoms with Crippen molar-refractivity contribution >= 4 is 19.0 Å². The van der Waals surface area contributed by atoms with E-state index >= 15 is 0 Å². The lowest BCUT2D eigenvalue weighted by Crippen LogP contribution is -2.22. The molecule has 0 aliphatic carbocycles. The van der Waals surface area contributed by atoms with Gasteiger partial charge in [0, 0.05) is 31.8 Å². The minimum absolute atomic E-state index is 0.263. The first kappa shape index (κ1) is 19.0. The molecule has 0 aliphatic rings. The van der Waals surface area contributed by atoms with Gasteiger partial charge in [0.25, 0.3) is 0 Å². The number of aliphatic hydroxyl groups is 1. The number of fused-ring (bicyclic) bond motifs is 1. The molecule has 0 bridgehead atoms. The third kappa shape index (κ3) is 4.61. The number of aromatic nitrogens is 1. The largest absolute Gasteiger partial charge is 0.416 e. The number of rotatable bonds is 6.